The van der Waals surface area contributed by atoms with E-state index >= 15 is 0 Å². The van der Waals surface area contributed by atoms with Gasteiger partial charge in [0.15, 0.2) is 5.11 Å². The van der Waals surface area contributed by atoms with Crippen molar-refractivity contribution in [2.24, 2.45) is 0 Å². The molecule has 0 aromatic carbocycles. The summed E-state index contributed by atoms with van der Waals surface area (Å²) in [5.74, 6) is -0.714. The summed E-state index contributed by atoms with van der Waals surface area (Å²) in [6.07, 6.45) is 1.66. The van der Waals surface area contributed by atoms with Crippen molar-refractivity contribution in [3.05, 3.63) is 28.6 Å². The first-order valence-corrected chi connectivity index (χ1v) is 7.18. The Bertz CT molecular complexity index is 647. The molecule has 2 heterocycles. The first-order chi connectivity index (χ1) is 9.79. The summed E-state index contributed by atoms with van der Waals surface area (Å²) in [6.45, 7) is 6.91. The van der Waals surface area contributed by atoms with Crippen LogP contribution in [-0.2, 0) is 16.1 Å². The normalized spacial score (nSPS) is 16.0. The van der Waals surface area contributed by atoms with Crippen LogP contribution in [0.4, 0.5) is 0 Å². The van der Waals surface area contributed by atoms with Gasteiger partial charge >= 0.3 is 0 Å². The second kappa shape index (κ2) is 5.44. The van der Waals surface area contributed by atoms with Crippen LogP contribution in [-0.4, -0.2) is 45.4 Å². The Morgan fingerprint density at radius 2 is 1.67 bits per heavy atom. The van der Waals surface area contributed by atoms with Crippen molar-refractivity contribution in [3.63, 3.8) is 0 Å². The van der Waals surface area contributed by atoms with Gasteiger partial charge in [-0.25, -0.2) is 0 Å². The largest absolute Gasteiger partial charge is 0.349 e. The van der Waals surface area contributed by atoms with Crippen LogP contribution < -0.4 is 0 Å². The van der Waals surface area contributed by atoms with E-state index in [0.29, 0.717) is 0 Å². The van der Waals surface area contributed by atoms with E-state index in [2.05, 4.69) is 11.5 Å². The predicted octanol–water partition coefficient (Wildman–Crippen LogP) is 1.72. The van der Waals surface area contributed by atoms with Crippen molar-refractivity contribution in [1.82, 2.24) is 14.4 Å². The number of carbonyl (C=O) groups is 2. The molecule has 0 unspecified atom stereocenters. The van der Waals surface area contributed by atoms with E-state index in [9.17, 15) is 9.59 Å². The highest BCUT2D eigenvalue weighted by molar-refractivity contribution is 7.80. The fraction of sp³-hybridized carbons (Fsp3) is 0.400. The second-order valence-corrected chi connectivity index (χ2v) is 5.50. The average molecular weight is 305 g/mol. The predicted molar refractivity (Wildman–Crippen MR) is 85.7 cm³/mol. The molecule has 2 rings (SSSR count). The van der Waals surface area contributed by atoms with E-state index < -0.39 is 0 Å². The molecular weight excluding hydrogens is 286 g/mol. The van der Waals surface area contributed by atoms with Crippen LogP contribution >= 0.6 is 12.2 Å². The van der Waals surface area contributed by atoms with Gasteiger partial charge in [0.05, 0.1) is 0 Å². The highest BCUT2D eigenvalue weighted by Crippen LogP contribution is 2.22. The molecule has 1 aromatic heterocycles. The number of aromatic nitrogens is 1. The van der Waals surface area contributed by atoms with Crippen LogP contribution in [0.15, 0.2) is 11.6 Å². The van der Waals surface area contributed by atoms with Crippen molar-refractivity contribution in [3.8, 4) is 0 Å². The quantitative estimate of drug-likeness (QED) is 0.475. The number of carbonyl (C=O) groups excluding carboxylic acids is 2. The molecule has 1 saturated heterocycles. The Morgan fingerprint density at radius 3 is 2.10 bits per heavy atom. The number of amides is 2. The van der Waals surface area contributed by atoms with Gasteiger partial charge in [0, 0.05) is 32.0 Å². The van der Waals surface area contributed by atoms with Gasteiger partial charge < -0.3 is 4.57 Å². The monoisotopic (exact) mass is 305 g/mol. The maximum absolute atomic E-state index is 12.3. The number of hydrogen-bond acceptors (Lipinski definition) is 3. The first-order valence-electron chi connectivity index (χ1n) is 6.78. The van der Waals surface area contributed by atoms with Crippen molar-refractivity contribution in [1.29, 1.82) is 0 Å². The van der Waals surface area contributed by atoms with Gasteiger partial charge in [-0.15, -0.1) is 0 Å². The molecule has 0 atom stereocenters. The minimum Gasteiger partial charge on any atom is -0.349 e. The summed E-state index contributed by atoms with van der Waals surface area (Å²) in [4.78, 5) is 27.2. The maximum Gasteiger partial charge on any atom is 0.265 e. The number of likely N-dealkylation sites (N-methyl/N-ethyl adjacent to an activating group) is 2. The van der Waals surface area contributed by atoms with Gasteiger partial charge in [-0.05, 0) is 50.7 Å². The molecule has 21 heavy (non-hydrogen) atoms. The van der Waals surface area contributed by atoms with E-state index in [0.717, 1.165) is 23.5 Å². The summed E-state index contributed by atoms with van der Waals surface area (Å²) in [6, 6.07) is 1.99. The molecule has 1 aliphatic rings. The smallest absolute Gasteiger partial charge is 0.265 e. The highest BCUT2D eigenvalue weighted by atomic mass is 32.1. The van der Waals surface area contributed by atoms with Crippen LogP contribution in [0.25, 0.3) is 6.08 Å². The first kappa shape index (κ1) is 15.4. The standard InChI is InChI=1S/C15H19N3O2S/c1-6-18-9(2)7-11(10(18)3)8-12-13(19)16(4)15(21)17(5)14(12)20/h7-8H,6H2,1-5H3. The maximum atomic E-state index is 12.3. The minimum absolute atomic E-state index is 0.143. The summed E-state index contributed by atoms with van der Waals surface area (Å²) in [5, 5.41) is 0.223. The van der Waals surface area contributed by atoms with E-state index in [-0.39, 0.29) is 22.5 Å². The summed E-state index contributed by atoms with van der Waals surface area (Å²) in [5.41, 5.74) is 3.18. The van der Waals surface area contributed by atoms with Crippen LogP contribution in [0.2, 0.25) is 0 Å². The lowest BCUT2D eigenvalue weighted by Gasteiger charge is -2.31. The van der Waals surface area contributed by atoms with Crippen LogP contribution in [0.3, 0.4) is 0 Å². The van der Waals surface area contributed by atoms with Crippen molar-refractivity contribution in [2.45, 2.75) is 27.3 Å². The molecule has 112 valence electrons. The molecule has 6 heteroatoms. The molecule has 5 nitrogen and oxygen atoms in total. The molecule has 2 amide bonds. The van der Waals surface area contributed by atoms with E-state index in [1.165, 1.54) is 9.80 Å². The zero-order valence-corrected chi connectivity index (χ0v) is 13.7. The Kier molecular flexibility index (Phi) is 4.00. The van der Waals surface area contributed by atoms with Crippen molar-refractivity contribution < 1.29 is 9.59 Å². The Balaban J connectivity index is 2.52. The fourth-order valence-electron chi connectivity index (χ4n) is 2.59. The van der Waals surface area contributed by atoms with Crippen molar-refractivity contribution in [2.75, 3.05) is 14.1 Å². The van der Waals surface area contributed by atoms with Gasteiger partial charge in [-0.1, -0.05) is 0 Å². The molecule has 0 N–H and O–H groups in total. The lowest BCUT2D eigenvalue weighted by Crippen LogP contribution is -2.52. The number of thiocarbonyl (C=S) groups is 1. The SMILES string of the molecule is CCn1c(C)cc(C=C2C(=O)N(C)C(=S)N(C)C2=O)c1C. The zero-order chi connectivity index (χ0) is 15.9. The highest BCUT2D eigenvalue weighted by Gasteiger charge is 2.35. The fourth-order valence-corrected chi connectivity index (χ4v) is 2.76. The summed E-state index contributed by atoms with van der Waals surface area (Å²) < 4.78 is 2.14. The number of rotatable bonds is 2. The van der Waals surface area contributed by atoms with Crippen LogP contribution in [0.5, 0.6) is 0 Å². The van der Waals surface area contributed by atoms with Crippen LogP contribution in [0.1, 0.15) is 23.9 Å². The minimum atomic E-state index is -0.357. The average Bonchev–Trinajstić information content (AvgIpc) is 2.73. The third kappa shape index (κ3) is 2.40. The number of aryl methyl sites for hydroxylation is 1. The molecule has 0 spiro atoms. The molecule has 1 aliphatic heterocycles. The number of hydrogen-bond donors (Lipinski definition) is 0. The molecule has 1 fully saturated rings. The summed E-state index contributed by atoms with van der Waals surface area (Å²) >= 11 is 5.07. The molecular formula is C15H19N3O2S. The van der Waals surface area contributed by atoms with E-state index in [1.807, 2.05) is 19.9 Å². The molecule has 1 aromatic rings. The zero-order valence-electron chi connectivity index (χ0n) is 12.9. The van der Waals surface area contributed by atoms with Crippen LogP contribution in [0, 0.1) is 13.8 Å². The van der Waals surface area contributed by atoms with Gasteiger partial charge in [-0.3, -0.25) is 19.4 Å². The lowest BCUT2D eigenvalue weighted by atomic mass is 10.1. The summed E-state index contributed by atoms with van der Waals surface area (Å²) in [7, 11) is 3.16. The van der Waals surface area contributed by atoms with Gasteiger partial charge in [-0.2, -0.15) is 0 Å². The number of nitrogens with zero attached hydrogens (tertiary/aromatic N) is 3. The lowest BCUT2D eigenvalue weighted by molar-refractivity contribution is -0.132. The third-order valence-corrected chi connectivity index (χ3v) is 4.42. The van der Waals surface area contributed by atoms with Gasteiger partial charge in [0.2, 0.25) is 0 Å². The topological polar surface area (TPSA) is 45.6 Å². The Hall–Kier alpha value is -1.95. The molecule has 0 bridgehead atoms. The van der Waals surface area contributed by atoms with Crippen molar-refractivity contribution >= 4 is 35.2 Å². The molecule has 0 aliphatic carbocycles. The third-order valence-electron chi connectivity index (χ3n) is 3.87. The van der Waals surface area contributed by atoms with Gasteiger partial charge in [0.1, 0.15) is 5.57 Å². The Morgan fingerprint density at radius 1 is 1.14 bits per heavy atom. The molecule has 0 saturated carbocycles. The van der Waals surface area contributed by atoms with E-state index in [4.69, 9.17) is 12.2 Å². The molecule has 0 radical (unpaired) electrons. The Labute approximate surface area is 129 Å². The second-order valence-electron chi connectivity index (χ2n) is 5.14. The van der Waals surface area contributed by atoms with Gasteiger partial charge in [0.25, 0.3) is 11.8 Å². The van der Waals surface area contributed by atoms with E-state index in [1.54, 1.807) is 20.2 Å².